The van der Waals surface area contributed by atoms with Crippen LogP contribution in [0, 0.1) is 0 Å². The van der Waals surface area contributed by atoms with Gasteiger partial charge in [0.2, 0.25) is 0 Å². The van der Waals surface area contributed by atoms with Crippen molar-refractivity contribution in [2.75, 3.05) is 5.73 Å². The van der Waals surface area contributed by atoms with E-state index in [1.165, 1.54) is 21.5 Å². The molecule has 0 fully saturated rings. The Labute approximate surface area is 197 Å². The van der Waals surface area contributed by atoms with Crippen LogP contribution in [0.3, 0.4) is 0 Å². The van der Waals surface area contributed by atoms with Crippen molar-refractivity contribution in [1.82, 2.24) is 0 Å². The fourth-order valence-electron chi connectivity index (χ4n) is 2.59. The molecular weight excluding hydrogens is 552 g/mol. The molecule has 0 unspecified atom stereocenters. The van der Waals surface area contributed by atoms with Gasteiger partial charge in [-0.1, -0.05) is 30.3 Å². The quantitative estimate of drug-likeness (QED) is 0.162. The second-order valence-corrected chi connectivity index (χ2v) is 5.72. The Hall–Kier alpha value is -1.87. The minimum atomic E-state index is 0. The first-order valence-electron chi connectivity index (χ1n) is 8.34. The molecule has 28 heavy (non-hydrogen) atoms. The number of nitrogen functional groups attached to an aromatic ring is 1. The van der Waals surface area contributed by atoms with E-state index in [1.54, 1.807) is 0 Å². The summed E-state index contributed by atoms with van der Waals surface area (Å²) >= 11 is 0. The van der Waals surface area contributed by atoms with Crippen molar-refractivity contribution in [3.05, 3.63) is 115 Å². The molecule has 0 radical (unpaired) electrons. The maximum absolute atomic E-state index is 5.36. The van der Waals surface area contributed by atoms with Crippen LogP contribution in [0.2, 0.25) is 0 Å². The van der Waals surface area contributed by atoms with Crippen molar-refractivity contribution in [1.29, 1.82) is 0 Å². The van der Waals surface area contributed by atoms with E-state index in [-0.39, 0.29) is 50.7 Å². The van der Waals surface area contributed by atoms with Crippen molar-refractivity contribution >= 4 is 27.2 Å². The summed E-state index contributed by atoms with van der Waals surface area (Å²) in [6.45, 7) is 0. The van der Waals surface area contributed by atoms with Crippen LogP contribution in [0.25, 0.3) is 21.5 Å². The number of halogens is 2. The minimum Gasteiger partial charge on any atom is -1.00 e. The first-order chi connectivity index (χ1) is 12.3. The fourth-order valence-corrected chi connectivity index (χ4v) is 2.59. The maximum atomic E-state index is 5.36. The van der Waals surface area contributed by atoms with Gasteiger partial charge in [0.1, 0.15) is 0 Å². The standard InChI is InChI=1S/2C9H7.C6H7N.2ClH.Hf/c2*1-2-5-9-7-3-6-8(9)4-1;7-6-4-2-1-3-5-6;;;/h2*1-7H;1-5H,7H2;2*1H;/q2*-1;;;;+4/p-2. The average molecular weight is 573 g/mol. The van der Waals surface area contributed by atoms with E-state index in [0.717, 1.165) is 5.69 Å². The van der Waals surface area contributed by atoms with Crippen LogP contribution in [0.4, 0.5) is 5.69 Å². The van der Waals surface area contributed by atoms with E-state index >= 15 is 0 Å². The Balaban J connectivity index is 0.000000374. The molecule has 0 saturated carbocycles. The van der Waals surface area contributed by atoms with Gasteiger partial charge in [0.05, 0.1) is 0 Å². The SMILES string of the molecule is Nc1ccccc1.[Cl-].[Cl-].[Hf+4].c1ccc2[cH-]ccc2c1.c1ccc2[cH-]ccc2c1. The van der Waals surface area contributed by atoms with Gasteiger partial charge >= 0.3 is 25.8 Å². The fraction of sp³-hybridized carbons (Fsp3) is 0. The van der Waals surface area contributed by atoms with E-state index < -0.39 is 0 Å². The molecule has 5 rings (SSSR count). The predicted molar refractivity (Wildman–Crippen MR) is 110 cm³/mol. The van der Waals surface area contributed by atoms with Crippen LogP contribution in [-0.4, -0.2) is 0 Å². The van der Waals surface area contributed by atoms with Gasteiger partial charge in [-0.3, -0.25) is 0 Å². The molecule has 5 aromatic rings. The topological polar surface area (TPSA) is 26.0 Å². The van der Waals surface area contributed by atoms with E-state index in [9.17, 15) is 0 Å². The zero-order chi connectivity index (χ0) is 17.3. The van der Waals surface area contributed by atoms with E-state index in [4.69, 9.17) is 5.73 Å². The predicted octanol–water partition coefficient (Wildman–Crippen LogP) is 0.392. The van der Waals surface area contributed by atoms with Crippen LogP contribution < -0.4 is 30.5 Å². The van der Waals surface area contributed by atoms with Crippen LogP contribution in [0.1, 0.15) is 0 Å². The van der Waals surface area contributed by atoms with Crippen molar-refractivity contribution < 1.29 is 50.7 Å². The van der Waals surface area contributed by atoms with Gasteiger partial charge in [-0.2, -0.15) is 35.0 Å². The summed E-state index contributed by atoms with van der Waals surface area (Å²) in [5.41, 5.74) is 6.18. The van der Waals surface area contributed by atoms with Gasteiger partial charge in [-0.15, -0.1) is 59.3 Å². The van der Waals surface area contributed by atoms with E-state index in [1.807, 2.05) is 30.3 Å². The number of hydrogen-bond donors (Lipinski definition) is 1. The minimum absolute atomic E-state index is 0. The number of para-hydroxylation sites is 1. The molecule has 140 valence electrons. The van der Waals surface area contributed by atoms with Gasteiger partial charge in [0, 0.05) is 5.69 Å². The summed E-state index contributed by atoms with van der Waals surface area (Å²) in [5, 5.41) is 5.32. The van der Waals surface area contributed by atoms with Gasteiger partial charge in [-0.05, 0) is 12.1 Å². The number of fused-ring (bicyclic) bond motifs is 2. The van der Waals surface area contributed by atoms with Crippen LogP contribution in [0.15, 0.2) is 115 Å². The second kappa shape index (κ2) is 14.2. The first-order valence-corrected chi connectivity index (χ1v) is 8.34. The summed E-state index contributed by atoms with van der Waals surface area (Å²) in [6.07, 6.45) is 0. The number of hydrogen-bond acceptors (Lipinski definition) is 1. The molecule has 2 N–H and O–H groups in total. The summed E-state index contributed by atoms with van der Waals surface area (Å²) in [6, 6.07) is 38.8. The number of rotatable bonds is 0. The number of benzene rings is 3. The van der Waals surface area contributed by atoms with Gasteiger partial charge in [-0.25, -0.2) is 0 Å². The molecule has 0 aliphatic rings. The van der Waals surface area contributed by atoms with Gasteiger partial charge in [0.25, 0.3) is 0 Å². The first kappa shape index (κ1) is 26.1. The smallest absolute Gasteiger partial charge is 1.00 e. The van der Waals surface area contributed by atoms with Crippen molar-refractivity contribution in [3.8, 4) is 0 Å². The molecule has 0 saturated heterocycles. The monoisotopic (exact) mass is 573 g/mol. The molecular formula is C24H21Cl2HfN. The Kier molecular flexibility index (Phi) is 13.2. The Morgan fingerprint density at radius 1 is 0.500 bits per heavy atom. The summed E-state index contributed by atoms with van der Waals surface area (Å²) in [4.78, 5) is 0. The molecule has 0 atom stereocenters. The van der Waals surface area contributed by atoms with E-state index in [2.05, 4.69) is 84.9 Å². The third kappa shape index (κ3) is 8.02. The Bertz CT molecular complexity index is 896. The molecule has 4 heteroatoms. The molecule has 5 aromatic carbocycles. The van der Waals surface area contributed by atoms with Crippen LogP contribution in [-0.2, 0) is 25.8 Å². The maximum Gasteiger partial charge on any atom is 4.00 e. The largest absolute Gasteiger partial charge is 4.00 e. The van der Waals surface area contributed by atoms with Crippen LogP contribution >= 0.6 is 0 Å². The molecule has 0 aliphatic carbocycles. The van der Waals surface area contributed by atoms with Gasteiger partial charge < -0.3 is 30.5 Å². The molecule has 0 aromatic heterocycles. The summed E-state index contributed by atoms with van der Waals surface area (Å²) < 4.78 is 0. The zero-order valence-electron chi connectivity index (χ0n) is 15.3. The second-order valence-electron chi connectivity index (χ2n) is 5.72. The molecule has 0 spiro atoms. The number of nitrogens with two attached hydrogens (primary N) is 1. The molecule has 0 aliphatic heterocycles. The summed E-state index contributed by atoms with van der Waals surface area (Å²) in [7, 11) is 0. The summed E-state index contributed by atoms with van der Waals surface area (Å²) in [5.74, 6) is 0. The molecule has 0 amide bonds. The van der Waals surface area contributed by atoms with Crippen LogP contribution in [0.5, 0.6) is 0 Å². The Morgan fingerprint density at radius 2 is 0.893 bits per heavy atom. The molecule has 0 bridgehead atoms. The molecule has 1 nitrogen and oxygen atoms in total. The van der Waals surface area contributed by atoms with Gasteiger partial charge in [0.15, 0.2) is 0 Å². The van der Waals surface area contributed by atoms with Crippen molar-refractivity contribution in [2.24, 2.45) is 0 Å². The number of anilines is 1. The van der Waals surface area contributed by atoms with Crippen molar-refractivity contribution in [3.63, 3.8) is 0 Å². The normalized spacial score (nSPS) is 8.71. The molecule has 0 heterocycles. The average Bonchev–Trinajstić information content (AvgIpc) is 3.32. The third-order valence-electron chi connectivity index (χ3n) is 3.89. The third-order valence-corrected chi connectivity index (χ3v) is 3.89. The van der Waals surface area contributed by atoms with Crippen molar-refractivity contribution in [2.45, 2.75) is 0 Å². The Morgan fingerprint density at radius 3 is 1.25 bits per heavy atom. The van der Waals surface area contributed by atoms with E-state index in [0.29, 0.717) is 0 Å². The zero-order valence-corrected chi connectivity index (χ0v) is 20.4.